The van der Waals surface area contributed by atoms with Crippen LogP contribution in [0.25, 0.3) is 0 Å². The topological polar surface area (TPSA) is 65.4 Å². The number of amides is 1. The normalized spacial score (nSPS) is 10.5. The predicted octanol–water partition coefficient (Wildman–Crippen LogP) is 3.63. The Bertz CT molecular complexity index is 868. The number of carbonyl (C=O) groups excluding carboxylic acids is 1. The third-order valence-corrected chi connectivity index (χ3v) is 4.56. The Labute approximate surface area is 150 Å². The highest BCUT2D eigenvalue weighted by Gasteiger charge is 2.12. The number of nitrogens with one attached hydrogen (secondary N) is 1. The summed E-state index contributed by atoms with van der Waals surface area (Å²) < 4.78 is 12.5. The van der Waals surface area contributed by atoms with Gasteiger partial charge in [0.15, 0.2) is 0 Å². The summed E-state index contributed by atoms with van der Waals surface area (Å²) in [6.45, 7) is 2.29. The number of rotatable bonds is 6. The fourth-order valence-corrected chi connectivity index (χ4v) is 3.11. The number of benzene rings is 1. The van der Waals surface area contributed by atoms with Crippen molar-refractivity contribution < 1.29 is 14.3 Å². The second-order valence-electron chi connectivity index (χ2n) is 5.53. The average molecular weight is 357 g/mol. The Morgan fingerprint density at radius 1 is 1.24 bits per heavy atom. The Balaban J connectivity index is 1.59. The minimum atomic E-state index is -0.149. The molecule has 0 atom stereocenters. The number of carbonyl (C=O) groups is 1. The van der Waals surface area contributed by atoms with Gasteiger partial charge < -0.3 is 14.8 Å². The molecule has 0 fully saturated rings. The van der Waals surface area contributed by atoms with Crippen molar-refractivity contribution in [2.75, 3.05) is 12.4 Å². The van der Waals surface area contributed by atoms with Gasteiger partial charge in [-0.15, -0.1) is 11.3 Å². The lowest BCUT2D eigenvalue weighted by Crippen LogP contribution is -2.13. The van der Waals surface area contributed by atoms with E-state index in [-0.39, 0.29) is 5.91 Å². The maximum absolute atomic E-state index is 12.3. The smallest absolute Gasteiger partial charge is 0.266 e. The minimum Gasteiger partial charge on any atom is -0.497 e. The molecule has 3 rings (SSSR count). The number of aryl methyl sites for hydroxylation is 2. The fourth-order valence-electron chi connectivity index (χ4n) is 2.31. The largest absolute Gasteiger partial charge is 0.497 e. The maximum atomic E-state index is 12.3. The van der Waals surface area contributed by atoms with Crippen LogP contribution in [0.4, 0.5) is 5.82 Å². The molecule has 25 heavy (non-hydrogen) atoms. The first-order valence-corrected chi connectivity index (χ1v) is 8.59. The van der Waals surface area contributed by atoms with Gasteiger partial charge in [-0.2, -0.15) is 5.10 Å². The molecule has 6 nitrogen and oxygen atoms in total. The van der Waals surface area contributed by atoms with Gasteiger partial charge in [0.25, 0.3) is 5.91 Å². The van der Waals surface area contributed by atoms with E-state index in [9.17, 15) is 4.79 Å². The van der Waals surface area contributed by atoms with Gasteiger partial charge in [0.2, 0.25) is 0 Å². The summed E-state index contributed by atoms with van der Waals surface area (Å²) >= 11 is 1.39. The van der Waals surface area contributed by atoms with E-state index in [0.29, 0.717) is 17.3 Å². The van der Waals surface area contributed by atoms with Gasteiger partial charge in [0.1, 0.15) is 23.9 Å². The molecular weight excluding hydrogens is 338 g/mol. The summed E-state index contributed by atoms with van der Waals surface area (Å²) in [5, 5.41) is 9.00. The first-order chi connectivity index (χ1) is 12.0. The Morgan fingerprint density at radius 2 is 1.96 bits per heavy atom. The number of methoxy groups -OCH3 is 1. The predicted molar refractivity (Wildman–Crippen MR) is 97.5 cm³/mol. The number of ether oxygens (including phenoxy) is 2. The molecule has 3 aromatic rings. The first kappa shape index (κ1) is 17.0. The van der Waals surface area contributed by atoms with Crippen LogP contribution in [-0.4, -0.2) is 22.8 Å². The Morgan fingerprint density at radius 3 is 2.60 bits per heavy atom. The van der Waals surface area contributed by atoms with E-state index < -0.39 is 0 Å². The van der Waals surface area contributed by atoms with Gasteiger partial charge in [-0.25, -0.2) is 0 Å². The number of thiophene rings is 1. The van der Waals surface area contributed by atoms with Gasteiger partial charge >= 0.3 is 0 Å². The first-order valence-electron chi connectivity index (χ1n) is 7.71. The third kappa shape index (κ3) is 4.19. The van der Waals surface area contributed by atoms with Crippen molar-refractivity contribution in [1.29, 1.82) is 0 Å². The van der Waals surface area contributed by atoms with Crippen molar-refractivity contribution in [3.63, 3.8) is 0 Å². The summed E-state index contributed by atoms with van der Waals surface area (Å²) in [4.78, 5) is 13.0. The van der Waals surface area contributed by atoms with Crippen molar-refractivity contribution >= 4 is 23.1 Å². The maximum Gasteiger partial charge on any atom is 0.266 e. The molecule has 1 aromatic carbocycles. The van der Waals surface area contributed by atoms with Crippen molar-refractivity contribution in [3.8, 4) is 11.5 Å². The lowest BCUT2D eigenvalue weighted by atomic mass is 10.3. The zero-order valence-corrected chi connectivity index (χ0v) is 15.1. The highest BCUT2D eigenvalue weighted by atomic mass is 32.1. The van der Waals surface area contributed by atoms with Gasteiger partial charge in [0, 0.05) is 18.7 Å². The molecule has 1 N–H and O–H groups in total. The minimum absolute atomic E-state index is 0.149. The molecule has 0 bridgehead atoms. The SMILES string of the molecule is COc1ccc(OCc2csc(C(=O)Nc3cc(C)nn3C)c2)cc1. The van der Waals surface area contributed by atoms with E-state index in [1.54, 1.807) is 18.8 Å². The van der Waals surface area contributed by atoms with E-state index in [0.717, 1.165) is 22.8 Å². The molecular formula is C18H19N3O3S. The van der Waals surface area contributed by atoms with E-state index in [1.807, 2.05) is 48.7 Å². The lowest BCUT2D eigenvalue weighted by Gasteiger charge is -2.05. The molecule has 130 valence electrons. The lowest BCUT2D eigenvalue weighted by molar-refractivity contribution is 0.102. The van der Waals surface area contributed by atoms with Gasteiger partial charge in [-0.1, -0.05) is 0 Å². The molecule has 0 spiro atoms. The molecule has 0 unspecified atom stereocenters. The van der Waals surface area contributed by atoms with E-state index in [2.05, 4.69) is 10.4 Å². The van der Waals surface area contributed by atoms with Crippen LogP contribution < -0.4 is 14.8 Å². The molecule has 1 amide bonds. The summed E-state index contributed by atoms with van der Waals surface area (Å²) in [5.74, 6) is 2.06. The standard InChI is InChI=1S/C18H19N3O3S/c1-12-8-17(21(2)20-12)19-18(22)16-9-13(11-25-16)10-24-15-6-4-14(23-3)5-7-15/h4-9,11H,10H2,1-3H3,(H,19,22). The molecule has 2 heterocycles. The Kier molecular flexibility index (Phi) is 5.04. The summed E-state index contributed by atoms with van der Waals surface area (Å²) in [6, 6.07) is 11.1. The molecule has 2 aromatic heterocycles. The van der Waals surface area contributed by atoms with Crippen LogP contribution in [0, 0.1) is 6.92 Å². The number of hydrogen-bond acceptors (Lipinski definition) is 5. The molecule has 0 aliphatic heterocycles. The molecule has 0 saturated carbocycles. The zero-order valence-electron chi connectivity index (χ0n) is 14.3. The second kappa shape index (κ2) is 7.40. The monoisotopic (exact) mass is 357 g/mol. The molecule has 0 aliphatic rings. The van der Waals surface area contributed by atoms with Crippen LogP contribution in [0.2, 0.25) is 0 Å². The number of anilines is 1. The fraction of sp³-hybridized carbons (Fsp3) is 0.222. The van der Waals surface area contributed by atoms with Crippen LogP contribution in [0.3, 0.4) is 0 Å². The van der Waals surface area contributed by atoms with Crippen LogP contribution in [-0.2, 0) is 13.7 Å². The van der Waals surface area contributed by atoms with E-state index >= 15 is 0 Å². The van der Waals surface area contributed by atoms with Crippen molar-refractivity contribution in [1.82, 2.24) is 9.78 Å². The van der Waals surface area contributed by atoms with Crippen molar-refractivity contribution in [2.45, 2.75) is 13.5 Å². The van der Waals surface area contributed by atoms with Crippen LogP contribution in [0.1, 0.15) is 20.9 Å². The highest BCUT2D eigenvalue weighted by Crippen LogP contribution is 2.21. The van der Waals surface area contributed by atoms with E-state index in [4.69, 9.17) is 9.47 Å². The summed E-state index contributed by atoms with van der Waals surface area (Å²) in [7, 11) is 3.42. The molecule has 0 radical (unpaired) electrons. The van der Waals surface area contributed by atoms with E-state index in [1.165, 1.54) is 11.3 Å². The van der Waals surface area contributed by atoms with Crippen LogP contribution >= 0.6 is 11.3 Å². The Hall–Kier alpha value is -2.80. The second-order valence-corrected chi connectivity index (χ2v) is 6.44. The molecule has 7 heteroatoms. The summed E-state index contributed by atoms with van der Waals surface area (Å²) in [5.41, 5.74) is 1.81. The van der Waals surface area contributed by atoms with Crippen molar-refractivity contribution in [3.05, 3.63) is 57.9 Å². The average Bonchev–Trinajstić information content (AvgIpc) is 3.20. The number of nitrogens with zero attached hydrogens (tertiary/aromatic N) is 2. The van der Waals surface area contributed by atoms with Crippen molar-refractivity contribution in [2.24, 2.45) is 7.05 Å². The van der Waals surface area contributed by atoms with Crippen LogP contribution in [0.15, 0.2) is 41.8 Å². The highest BCUT2D eigenvalue weighted by molar-refractivity contribution is 7.12. The zero-order chi connectivity index (χ0) is 17.8. The van der Waals surface area contributed by atoms with Gasteiger partial charge in [0.05, 0.1) is 17.7 Å². The molecule has 0 saturated heterocycles. The van der Waals surface area contributed by atoms with Gasteiger partial charge in [-0.3, -0.25) is 9.48 Å². The number of aromatic nitrogens is 2. The number of hydrogen-bond donors (Lipinski definition) is 1. The molecule has 0 aliphatic carbocycles. The van der Waals surface area contributed by atoms with Gasteiger partial charge in [-0.05, 0) is 42.6 Å². The third-order valence-electron chi connectivity index (χ3n) is 3.59. The van der Waals surface area contributed by atoms with Crippen LogP contribution in [0.5, 0.6) is 11.5 Å². The summed E-state index contributed by atoms with van der Waals surface area (Å²) in [6.07, 6.45) is 0. The quantitative estimate of drug-likeness (QED) is 0.732.